The normalized spacial score (nSPS) is 15.3. The first-order valence-corrected chi connectivity index (χ1v) is 9.22. The molecule has 3 heteroatoms. The summed E-state index contributed by atoms with van der Waals surface area (Å²) in [6.45, 7) is 4.06. The first-order chi connectivity index (χ1) is 12.3. The molecule has 1 aliphatic heterocycles. The van der Waals surface area contributed by atoms with Crippen LogP contribution in [-0.4, -0.2) is 17.7 Å². The van der Waals surface area contributed by atoms with Crippen LogP contribution in [0.25, 0.3) is 16.6 Å². The van der Waals surface area contributed by atoms with Crippen molar-refractivity contribution >= 4 is 16.6 Å². The van der Waals surface area contributed by atoms with E-state index in [2.05, 4.69) is 23.1 Å². The molecule has 0 bridgehead atoms. The molecule has 128 valence electrons. The largest absolute Gasteiger partial charge is 0.371 e. The molecular weight excluding hydrogens is 308 g/mol. The molecule has 1 fully saturated rings. The van der Waals surface area contributed by atoms with E-state index in [1.807, 2.05) is 47.9 Å². The van der Waals surface area contributed by atoms with Crippen LogP contribution in [0.3, 0.4) is 0 Å². The number of pyridine rings is 1. The third-order valence-electron chi connectivity index (χ3n) is 5.22. The molecule has 0 N–H and O–H groups in total. The fourth-order valence-electron chi connectivity index (χ4n) is 3.98. The van der Waals surface area contributed by atoms with E-state index in [1.54, 1.807) is 0 Å². The molecule has 3 nitrogen and oxygen atoms in total. The van der Waals surface area contributed by atoms with Crippen LogP contribution < -0.4 is 10.5 Å². The van der Waals surface area contributed by atoms with Gasteiger partial charge in [0.25, 0.3) is 5.56 Å². The monoisotopic (exact) mass is 332 g/mol. The Bertz CT molecular complexity index is 935. The van der Waals surface area contributed by atoms with Gasteiger partial charge in [-0.2, -0.15) is 0 Å². The Morgan fingerprint density at radius 3 is 2.16 bits per heavy atom. The molecule has 1 aromatic heterocycles. The second-order valence-electron chi connectivity index (χ2n) is 6.87. The lowest BCUT2D eigenvalue weighted by atomic mass is 10.1. The Hall–Kier alpha value is -2.55. The van der Waals surface area contributed by atoms with Gasteiger partial charge >= 0.3 is 0 Å². The number of benzene rings is 2. The average molecular weight is 332 g/mol. The van der Waals surface area contributed by atoms with Crippen molar-refractivity contribution < 1.29 is 0 Å². The molecule has 0 unspecified atom stereocenters. The molecule has 2 aromatic carbocycles. The molecule has 0 radical (unpaired) electrons. The summed E-state index contributed by atoms with van der Waals surface area (Å²) in [7, 11) is 0. The summed E-state index contributed by atoms with van der Waals surface area (Å²) in [4.78, 5) is 15.7. The molecule has 3 aromatic rings. The van der Waals surface area contributed by atoms with E-state index in [0.29, 0.717) is 0 Å². The molecule has 25 heavy (non-hydrogen) atoms. The highest BCUT2D eigenvalue weighted by molar-refractivity contribution is 5.94. The van der Waals surface area contributed by atoms with Crippen molar-refractivity contribution in [1.29, 1.82) is 0 Å². The molecule has 4 rings (SSSR count). The number of nitrogens with zero attached hydrogens (tertiary/aromatic N) is 2. The van der Waals surface area contributed by atoms with E-state index in [9.17, 15) is 4.79 Å². The van der Waals surface area contributed by atoms with E-state index < -0.39 is 0 Å². The lowest BCUT2D eigenvalue weighted by molar-refractivity contribution is 0.726. The fraction of sp³-hybridized carbons (Fsp3) is 0.318. The Kier molecular flexibility index (Phi) is 4.31. The molecule has 2 heterocycles. The zero-order valence-electron chi connectivity index (χ0n) is 14.7. The summed E-state index contributed by atoms with van der Waals surface area (Å²) in [6, 6.07) is 18.2. The minimum absolute atomic E-state index is 0.0872. The van der Waals surface area contributed by atoms with Crippen molar-refractivity contribution in [3.63, 3.8) is 0 Å². The molecule has 0 spiro atoms. The van der Waals surface area contributed by atoms with Crippen LogP contribution in [0.15, 0.2) is 59.4 Å². The highest BCUT2D eigenvalue weighted by atomic mass is 16.1. The Morgan fingerprint density at radius 2 is 1.44 bits per heavy atom. The van der Waals surface area contributed by atoms with Gasteiger partial charge in [0.2, 0.25) is 0 Å². The maximum atomic E-state index is 13.3. The van der Waals surface area contributed by atoms with Gasteiger partial charge in [0.15, 0.2) is 0 Å². The number of aromatic nitrogens is 1. The molecule has 1 aliphatic rings. The molecule has 0 amide bonds. The van der Waals surface area contributed by atoms with Gasteiger partial charge in [-0.1, -0.05) is 49.2 Å². The van der Waals surface area contributed by atoms with Gasteiger partial charge < -0.3 is 4.90 Å². The lowest BCUT2D eigenvalue weighted by Gasteiger charge is -2.27. The lowest BCUT2D eigenvalue weighted by Crippen LogP contribution is -2.30. The quantitative estimate of drug-likeness (QED) is 0.681. The molecule has 1 saturated heterocycles. The Morgan fingerprint density at radius 1 is 0.800 bits per heavy atom. The zero-order chi connectivity index (χ0) is 17.2. The number of hydrogen-bond donors (Lipinski definition) is 0. The van der Waals surface area contributed by atoms with Crippen LogP contribution in [0.4, 0.5) is 5.69 Å². The van der Waals surface area contributed by atoms with E-state index in [4.69, 9.17) is 0 Å². The highest BCUT2D eigenvalue weighted by Gasteiger charge is 2.20. The first-order valence-electron chi connectivity index (χ1n) is 9.22. The van der Waals surface area contributed by atoms with Crippen molar-refractivity contribution in [1.82, 2.24) is 4.57 Å². The summed E-state index contributed by atoms with van der Waals surface area (Å²) in [6.07, 6.45) is 4.98. The third-order valence-corrected chi connectivity index (χ3v) is 5.22. The summed E-state index contributed by atoms with van der Waals surface area (Å²) >= 11 is 0. The van der Waals surface area contributed by atoms with Crippen molar-refractivity contribution in [3.8, 4) is 5.69 Å². The van der Waals surface area contributed by atoms with Crippen molar-refractivity contribution in [3.05, 3.63) is 70.5 Å². The van der Waals surface area contributed by atoms with Crippen LogP contribution >= 0.6 is 0 Å². The second-order valence-corrected chi connectivity index (χ2v) is 6.87. The van der Waals surface area contributed by atoms with Crippen LogP contribution in [0, 0.1) is 6.92 Å². The Labute approximate surface area is 148 Å². The smallest absolute Gasteiger partial charge is 0.260 e. The van der Waals surface area contributed by atoms with Gasteiger partial charge in [-0.25, -0.2) is 0 Å². The van der Waals surface area contributed by atoms with Gasteiger partial charge in [-0.15, -0.1) is 0 Å². The predicted octanol–water partition coefficient (Wildman–Crippen LogP) is 4.68. The average Bonchev–Trinajstić information content (AvgIpc) is 2.93. The van der Waals surface area contributed by atoms with Crippen molar-refractivity contribution in [2.45, 2.75) is 32.6 Å². The fourth-order valence-corrected chi connectivity index (χ4v) is 3.98. The number of rotatable bonds is 2. The first kappa shape index (κ1) is 15.9. The maximum absolute atomic E-state index is 13.3. The maximum Gasteiger partial charge on any atom is 0.260 e. The molecule has 0 saturated carbocycles. The standard InChI is InChI=1S/C22H24N2O/c1-17-21(23-15-9-2-3-10-16-23)19-13-7-8-14-20(19)24(22(17)25)18-11-5-4-6-12-18/h4-8,11-14H,2-3,9-10,15-16H2,1H3. The second kappa shape index (κ2) is 6.75. The summed E-state index contributed by atoms with van der Waals surface area (Å²) in [5.74, 6) is 0. The number of fused-ring (bicyclic) bond motifs is 1. The number of anilines is 1. The van der Waals surface area contributed by atoms with Gasteiger partial charge in [-0.05, 0) is 38.0 Å². The van der Waals surface area contributed by atoms with Crippen LogP contribution in [0.1, 0.15) is 31.2 Å². The van der Waals surface area contributed by atoms with E-state index in [1.165, 1.54) is 31.1 Å². The van der Waals surface area contributed by atoms with Crippen LogP contribution in [0.2, 0.25) is 0 Å². The van der Waals surface area contributed by atoms with Gasteiger partial charge in [0.1, 0.15) is 0 Å². The Balaban J connectivity index is 2.00. The van der Waals surface area contributed by atoms with Crippen LogP contribution in [-0.2, 0) is 0 Å². The SMILES string of the molecule is Cc1c(N2CCCCCC2)c2ccccc2n(-c2ccccc2)c1=O. The highest BCUT2D eigenvalue weighted by Crippen LogP contribution is 2.31. The molecular formula is C22H24N2O. The molecule has 0 aliphatic carbocycles. The predicted molar refractivity (Wildman–Crippen MR) is 105 cm³/mol. The van der Waals surface area contributed by atoms with Gasteiger partial charge in [0.05, 0.1) is 11.2 Å². The summed E-state index contributed by atoms with van der Waals surface area (Å²) < 4.78 is 1.85. The van der Waals surface area contributed by atoms with Crippen LogP contribution in [0.5, 0.6) is 0 Å². The minimum atomic E-state index is 0.0872. The minimum Gasteiger partial charge on any atom is -0.371 e. The molecule has 0 atom stereocenters. The number of para-hydroxylation sites is 2. The van der Waals surface area contributed by atoms with Gasteiger partial charge in [0, 0.05) is 29.7 Å². The third kappa shape index (κ3) is 2.84. The van der Waals surface area contributed by atoms with Crippen molar-refractivity contribution in [2.75, 3.05) is 18.0 Å². The van der Waals surface area contributed by atoms with E-state index in [-0.39, 0.29) is 5.56 Å². The van der Waals surface area contributed by atoms with E-state index in [0.717, 1.165) is 35.5 Å². The number of hydrogen-bond acceptors (Lipinski definition) is 2. The van der Waals surface area contributed by atoms with Gasteiger partial charge in [-0.3, -0.25) is 9.36 Å². The topological polar surface area (TPSA) is 25.2 Å². The van der Waals surface area contributed by atoms with Crippen molar-refractivity contribution in [2.24, 2.45) is 0 Å². The summed E-state index contributed by atoms with van der Waals surface area (Å²) in [5, 5.41) is 1.17. The zero-order valence-corrected chi connectivity index (χ0v) is 14.7. The summed E-state index contributed by atoms with van der Waals surface area (Å²) in [5.41, 5.74) is 3.99. The van der Waals surface area contributed by atoms with E-state index >= 15 is 0 Å².